The van der Waals surface area contributed by atoms with E-state index in [-0.39, 0.29) is 36.6 Å². The quantitative estimate of drug-likeness (QED) is 0.745. The van der Waals surface area contributed by atoms with Gasteiger partial charge in [-0.3, -0.25) is 0 Å². The third-order valence-corrected chi connectivity index (χ3v) is 5.45. The van der Waals surface area contributed by atoms with Gasteiger partial charge in [0, 0.05) is 6.22 Å². The first kappa shape index (κ1) is 16.3. The third kappa shape index (κ3) is 2.56. The highest BCUT2D eigenvalue weighted by molar-refractivity contribution is 6.65. The summed E-state index contributed by atoms with van der Waals surface area (Å²) < 4.78 is 24.2. The van der Waals surface area contributed by atoms with E-state index in [0.29, 0.717) is 6.22 Å². The molecule has 20 heavy (non-hydrogen) atoms. The smallest absolute Gasteiger partial charge is 0.404 e. The van der Waals surface area contributed by atoms with Crippen LogP contribution >= 0.6 is 0 Å². The lowest BCUT2D eigenvalue weighted by Crippen LogP contribution is -2.44. The van der Waals surface area contributed by atoms with E-state index in [1.54, 1.807) is 0 Å². The molecule has 2 fully saturated rings. The summed E-state index contributed by atoms with van der Waals surface area (Å²) in [5.74, 6) is 0. The molecule has 0 aromatic carbocycles. The fourth-order valence-corrected chi connectivity index (χ4v) is 2.73. The van der Waals surface area contributed by atoms with Crippen LogP contribution in [0.15, 0.2) is 0 Å². The normalized spacial score (nSPS) is 34.8. The first-order valence-electron chi connectivity index (χ1n) is 7.64. The monoisotopic (exact) mass is 282 g/mol. The maximum Gasteiger partial charge on any atom is 0.455 e. The Morgan fingerprint density at radius 3 is 1.45 bits per heavy atom. The zero-order valence-electron chi connectivity index (χ0n) is 14.2. The Balaban J connectivity index is 2.01. The van der Waals surface area contributed by atoms with Crippen molar-refractivity contribution in [3.8, 4) is 0 Å². The second-order valence-electron chi connectivity index (χ2n) is 7.68. The summed E-state index contributed by atoms with van der Waals surface area (Å²) in [6.07, 6.45) is 1.52. The molecular weight excluding hydrogens is 254 g/mol. The van der Waals surface area contributed by atoms with Crippen LogP contribution in [0, 0.1) is 0 Å². The van der Waals surface area contributed by atoms with Gasteiger partial charge in [-0.1, -0.05) is 6.92 Å². The fraction of sp³-hybridized carbons (Fsp3) is 1.00. The summed E-state index contributed by atoms with van der Waals surface area (Å²) in [6.45, 7) is 16.6. The number of hydrogen-bond donors (Lipinski definition) is 0. The molecule has 0 bridgehead atoms. The van der Waals surface area contributed by atoms with E-state index >= 15 is 0 Å². The molecule has 2 aliphatic heterocycles. The molecule has 2 aliphatic rings. The summed E-state index contributed by atoms with van der Waals surface area (Å²) in [5, 5.41) is 0. The summed E-state index contributed by atoms with van der Waals surface area (Å²) in [6, 6.07) is 0. The average Bonchev–Trinajstić information content (AvgIpc) is 2.58. The van der Waals surface area contributed by atoms with Gasteiger partial charge in [0.25, 0.3) is 0 Å². The van der Waals surface area contributed by atoms with E-state index in [0.717, 1.165) is 6.42 Å². The highest BCUT2D eigenvalue weighted by atomic mass is 16.7. The molecule has 0 aromatic heterocycles. The average molecular weight is 282 g/mol. The maximum atomic E-state index is 6.13. The van der Waals surface area contributed by atoms with Crippen molar-refractivity contribution in [3.05, 3.63) is 0 Å². The Morgan fingerprint density at radius 1 is 0.650 bits per heavy atom. The minimum Gasteiger partial charge on any atom is -0.404 e. The molecule has 0 amide bonds. The third-order valence-electron chi connectivity index (χ3n) is 5.45. The molecule has 2 rings (SSSR count). The van der Waals surface area contributed by atoms with Crippen molar-refractivity contribution in [2.75, 3.05) is 0 Å². The molecular formula is C14H28B2O4. The van der Waals surface area contributed by atoms with E-state index in [1.807, 2.05) is 0 Å². The van der Waals surface area contributed by atoms with Gasteiger partial charge in [-0.05, 0) is 54.9 Å². The first-order chi connectivity index (χ1) is 8.92. The van der Waals surface area contributed by atoms with Crippen molar-refractivity contribution in [1.82, 2.24) is 0 Å². The van der Waals surface area contributed by atoms with Gasteiger partial charge in [0.2, 0.25) is 0 Å². The first-order valence-corrected chi connectivity index (χ1v) is 7.64. The predicted octanol–water partition coefficient (Wildman–Crippen LogP) is 3.10. The van der Waals surface area contributed by atoms with Crippen LogP contribution in [0.5, 0.6) is 0 Å². The molecule has 2 heterocycles. The Morgan fingerprint density at radius 2 is 1.05 bits per heavy atom. The van der Waals surface area contributed by atoms with Crippen LogP contribution in [0.25, 0.3) is 0 Å². The van der Waals surface area contributed by atoms with Crippen LogP contribution in [0.2, 0.25) is 6.22 Å². The second kappa shape index (κ2) is 4.73. The van der Waals surface area contributed by atoms with Gasteiger partial charge in [-0.25, -0.2) is 0 Å². The van der Waals surface area contributed by atoms with Gasteiger partial charge in [0.1, 0.15) is 0 Å². The summed E-state index contributed by atoms with van der Waals surface area (Å²) >= 11 is 0. The zero-order valence-corrected chi connectivity index (χ0v) is 14.2. The van der Waals surface area contributed by atoms with E-state index < -0.39 is 0 Å². The van der Waals surface area contributed by atoms with E-state index in [2.05, 4.69) is 55.4 Å². The van der Waals surface area contributed by atoms with Crippen molar-refractivity contribution >= 4 is 14.2 Å². The molecule has 0 spiro atoms. The molecule has 114 valence electrons. The molecule has 4 nitrogen and oxygen atoms in total. The number of hydrogen-bond acceptors (Lipinski definition) is 4. The predicted molar refractivity (Wildman–Crippen MR) is 81.6 cm³/mol. The van der Waals surface area contributed by atoms with Crippen LogP contribution in [-0.4, -0.2) is 36.6 Å². The van der Waals surface area contributed by atoms with Gasteiger partial charge >= 0.3 is 14.2 Å². The molecule has 0 N–H and O–H groups in total. The highest BCUT2D eigenvalue weighted by Gasteiger charge is 2.57. The van der Waals surface area contributed by atoms with Crippen molar-refractivity contribution < 1.29 is 18.6 Å². The second-order valence-corrected chi connectivity index (χ2v) is 7.68. The fourth-order valence-electron chi connectivity index (χ4n) is 2.73. The number of rotatable bonds is 3. The van der Waals surface area contributed by atoms with Crippen LogP contribution in [-0.2, 0) is 18.6 Å². The van der Waals surface area contributed by atoms with Crippen molar-refractivity contribution in [1.29, 1.82) is 0 Å². The molecule has 1 unspecified atom stereocenters. The summed E-state index contributed by atoms with van der Waals surface area (Å²) in [5.41, 5.74) is -1.17. The molecule has 0 aliphatic carbocycles. The van der Waals surface area contributed by atoms with Gasteiger partial charge in [-0.2, -0.15) is 0 Å². The van der Waals surface area contributed by atoms with E-state index in [4.69, 9.17) is 18.6 Å². The largest absolute Gasteiger partial charge is 0.455 e. The summed E-state index contributed by atoms with van der Waals surface area (Å²) in [7, 11) is -0.551. The summed E-state index contributed by atoms with van der Waals surface area (Å²) in [4.78, 5) is 0. The standard InChI is InChI=1S/C14H28B2O4/c1-9-14(8)13(6,7)19-16(20-14)10-15-17-11(2,3)12(4,5)18-15/h9-10H2,1-8H3. The lowest BCUT2D eigenvalue weighted by molar-refractivity contribution is -0.0118. The van der Waals surface area contributed by atoms with Crippen LogP contribution < -0.4 is 0 Å². The Labute approximate surface area is 124 Å². The maximum absolute atomic E-state index is 6.13. The van der Waals surface area contributed by atoms with Crippen molar-refractivity contribution in [3.63, 3.8) is 0 Å². The minimum atomic E-state index is -0.306. The lowest BCUT2D eigenvalue weighted by Gasteiger charge is -2.35. The van der Waals surface area contributed by atoms with Crippen molar-refractivity contribution in [2.45, 2.75) is 90.4 Å². The van der Waals surface area contributed by atoms with Crippen LogP contribution in [0.3, 0.4) is 0 Å². The van der Waals surface area contributed by atoms with Crippen LogP contribution in [0.4, 0.5) is 0 Å². The topological polar surface area (TPSA) is 36.9 Å². The molecule has 0 saturated carbocycles. The molecule has 1 atom stereocenters. The SMILES string of the molecule is CCC1(C)OB(CB2OC(C)(C)C(C)(C)O2)OC1(C)C. The Kier molecular flexibility index (Phi) is 3.87. The highest BCUT2D eigenvalue weighted by Crippen LogP contribution is 2.43. The lowest BCUT2D eigenvalue weighted by atomic mass is 9.64. The van der Waals surface area contributed by atoms with Gasteiger partial charge in [0.15, 0.2) is 0 Å². The molecule has 0 radical (unpaired) electrons. The minimum absolute atomic E-state index is 0.263. The molecule has 6 heteroatoms. The molecule has 2 saturated heterocycles. The Hall–Kier alpha value is -0.0301. The van der Waals surface area contributed by atoms with Gasteiger partial charge in [0.05, 0.1) is 22.4 Å². The van der Waals surface area contributed by atoms with Crippen LogP contribution in [0.1, 0.15) is 61.8 Å². The zero-order chi connectivity index (χ0) is 15.4. The Bertz CT molecular complexity index is 367. The van der Waals surface area contributed by atoms with Crippen molar-refractivity contribution in [2.24, 2.45) is 0 Å². The van der Waals surface area contributed by atoms with Gasteiger partial charge in [-0.15, -0.1) is 0 Å². The molecule has 0 aromatic rings. The van der Waals surface area contributed by atoms with Gasteiger partial charge < -0.3 is 18.6 Å². The van der Waals surface area contributed by atoms with E-state index in [1.165, 1.54) is 0 Å². The van der Waals surface area contributed by atoms with E-state index in [9.17, 15) is 0 Å².